The van der Waals surface area contributed by atoms with Crippen LogP contribution < -0.4 is 9.47 Å². The second-order valence-electron chi connectivity index (χ2n) is 6.14. The molecule has 1 N–H and O–H groups in total. The van der Waals surface area contributed by atoms with E-state index < -0.39 is 0 Å². The summed E-state index contributed by atoms with van der Waals surface area (Å²) in [4.78, 5) is 0. The Morgan fingerprint density at radius 2 is 1.93 bits per heavy atom. The normalized spacial score (nSPS) is 10.4. The molecule has 0 saturated heterocycles. The Bertz CT molecular complexity index is 1120. The topological polar surface area (TPSA) is 88.8 Å². The maximum absolute atomic E-state index is 8.92. The standard InChI is InChI=1S/C21H17N5O2/c1-26-13-16(11-24-26)14-27-19-5-3-2-4-18(19)21-20(12-23-25-21)28-17-8-6-15(10-22)7-9-17/h2-9,11-13H,14H2,1H3,(H,23,25). The third-order valence-corrected chi connectivity index (χ3v) is 4.11. The minimum absolute atomic E-state index is 0.404. The number of hydrogen-bond donors (Lipinski definition) is 1. The molecular weight excluding hydrogens is 354 g/mol. The van der Waals surface area contributed by atoms with Crippen molar-refractivity contribution < 1.29 is 9.47 Å². The van der Waals surface area contributed by atoms with Gasteiger partial charge in [-0.1, -0.05) is 12.1 Å². The van der Waals surface area contributed by atoms with Crippen LogP contribution in [-0.4, -0.2) is 20.0 Å². The van der Waals surface area contributed by atoms with Crippen molar-refractivity contribution >= 4 is 0 Å². The number of benzene rings is 2. The van der Waals surface area contributed by atoms with Crippen LogP contribution in [0.3, 0.4) is 0 Å². The molecular formula is C21H17N5O2. The number of para-hydroxylation sites is 1. The van der Waals surface area contributed by atoms with Crippen LogP contribution >= 0.6 is 0 Å². The lowest BCUT2D eigenvalue weighted by Crippen LogP contribution is -1.97. The van der Waals surface area contributed by atoms with Crippen LogP contribution in [-0.2, 0) is 13.7 Å². The molecule has 28 heavy (non-hydrogen) atoms. The molecule has 4 aromatic rings. The zero-order valence-electron chi connectivity index (χ0n) is 15.2. The summed E-state index contributed by atoms with van der Waals surface area (Å²) in [5.41, 5.74) is 3.02. The summed E-state index contributed by atoms with van der Waals surface area (Å²) in [6.07, 6.45) is 5.37. The van der Waals surface area contributed by atoms with Gasteiger partial charge in [-0.3, -0.25) is 9.78 Å². The van der Waals surface area contributed by atoms with Gasteiger partial charge in [0.1, 0.15) is 23.8 Å². The molecule has 7 heteroatoms. The van der Waals surface area contributed by atoms with E-state index in [0.29, 0.717) is 35.1 Å². The Balaban J connectivity index is 1.58. The SMILES string of the molecule is Cn1cc(COc2ccccc2-c2n[nH]cc2Oc2ccc(C#N)cc2)cn1. The van der Waals surface area contributed by atoms with Gasteiger partial charge < -0.3 is 9.47 Å². The van der Waals surface area contributed by atoms with Gasteiger partial charge in [-0.25, -0.2) is 0 Å². The average Bonchev–Trinajstić information content (AvgIpc) is 3.36. The summed E-state index contributed by atoms with van der Waals surface area (Å²) < 4.78 is 13.7. The highest BCUT2D eigenvalue weighted by atomic mass is 16.5. The zero-order valence-corrected chi connectivity index (χ0v) is 15.2. The fraction of sp³-hybridized carbons (Fsp3) is 0.0952. The summed E-state index contributed by atoms with van der Waals surface area (Å²) >= 11 is 0. The molecule has 0 aliphatic carbocycles. The Morgan fingerprint density at radius 1 is 1.11 bits per heavy atom. The van der Waals surface area contributed by atoms with E-state index in [9.17, 15) is 0 Å². The molecule has 0 fully saturated rings. The van der Waals surface area contributed by atoms with E-state index in [1.54, 1.807) is 41.3 Å². The maximum atomic E-state index is 8.92. The van der Waals surface area contributed by atoms with Crippen molar-refractivity contribution in [2.75, 3.05) is 0 Å². The number of H-pyrrole nitrogens is 1. The molecule has 0 aliphatic rings. The Hall–Kier alpha value is -4.05. The van der Waals surface area contributed by atoms with Crippen LogP contribution in [0, 0.1) is 11.3 Å². The van der Waals surface area contributed by atoms with Crippen molar-refractivity contribution in [3.05, 3.63) is 78.2 Å². The predicted molar refractivity (Wildman–Crippen MR) is 103 cm³/mol. The summed E-state index contributed by atoms with van der Waals surface area (Å²) in [5.74, 6) is 1.89. The molecule has 2 heterocycles. The molecule has 0 amide bonds. The van der Waals surface area contributed by atoms with Crippen molar-refractivity contribution in [1.29, 1.82) is 5.26 Å². The lowest BCUT2D eigenvalue weighted by atomic mass is 10.1. The second kappa shape index (κ2) is 7.68. The van der Waals surface area contributed by atoms with Crippen LogP contribution in [0.2, 0.25) is 0 Å². The first-order valence-electron chi connectivity index (χ1n) is 8.64. The Morgan fingerprint density at radius 3 is 2.68 bits per heavy atom. The van der Waals surface area contributed by atoms with Gasteiger partial charge in [-0.05, 0) is 36.4 Å². The van der Waals surface area contributed by atoms with E-state index in [2.05, 4.69) is 21.4 Å². The van der Waals surface area contributed by atoms with Crippen molar-refractivity contribution in [2.45, 2.75) is 6.61 Å². The number of nitriles is 1. The minimum Gasteiger partial charge on any atom is -0.488 e. The van der Waals surface area contributed by atoms with Crippen molar-refractivity contribution in [2.24, 2.45) is 7.05 Å². The van der Waals surface area contributed by atoms with E-state index >= 15 is 0 Å². The van der Waals surface area contributed by atoms with Gasteiger partial charge in [-0.15, -0.1) is 0 Å². The van der Waals surface area contributed by atoms with Gasteiger partial charge in [0.15, 0.2) is 5.75 Å². The summed E-state index contributed by atoms with van der Waals surface area (Å²) in [6, 6.07) is 16.7. The highest BCUT2D eigenvalue weighted by Crippen LogP contribution is 2.36. The number of ether oxygens (including phenoxy) is 2. The van der Waals surface area contributed by atoms with Gasteiger partial charge >= 0.3 is 0 Å². The molecule has 7 nitrogen and oxygen atoms in total. The first-order chi connectivity index (χ1) is 13.7. The molecule has 0 bridgehead atoms. The predicted octanol–water partition coefficient (Wildman–Crippen LogP) is 4.05. The molecule has 0 atom stereocenters. The highest BCUT2D eigenvalue weighted by molar-refractivity contribution is 5.72. The first-order valence-corrected chi connectivity index (χ1v) is 8.64. The first kappa shape index (κ1) is 17.4. The number of aryl methyl sites for hydroxylation is 1. The van der Waals surface area contributed by atoms with Gasteiger partial charge in [0.05, 0.1) is 24.0 Å². The summed E-state index contributed by atoms with van der Waals surface area (Å²) in [7, 11) is 1.87. The Labute approximate surface area is 161 Å². The number of aromatic amines is 1. The third-order valence-electron chi connectivity index (χ3n) is 4.11. The Kier molecular flexibility index (Phi) is 4.76. The van der Waals surface area contributed by atoms with Gasteiger partial charge in [0.2, 0.25) is 0 Å². The number of nitrogens with zero attached hydrogens (tertiary/aromatic N) is 4. The fourth-order valence-corrected chi connectivity index (χ4v) is 2.77. The van der Waals surface area contributed by atoms with Crippen LogP contribution in [0.15, 0.2) is 67.1 Å². The number of hydrogen-bond acceptors (Lipinski definition) is 5. The minimum atomic E-state index is 0.404. The van der Waals surface area contributed by atoms with E-state index in [-0.39, 0.29) is 0 Å². The van der Waals surface area contributed by atoms with Gasteiger partial charge in [0.25, 0.3) is 0 Å². The maximum Gasteiger partial charge on any atom is 0.173 e. The summed E-state index contributed by atoms with van der Waals surface area (Å²) in [6.45, 7) is 0.404. The van der Waals surface area contributed by atoms with E-state index in [4.69, 9.17) is 14.7 Å². The molecule has 2 aromatic heterocycles. The second-order valence-corrected chi connectivity index (χ2v) is 6.14. The van der Waals surface area contributed by atoms with Crippen LogP contribution in [0.1, 0.15) is 11.1 Å². The van der Waals surface area contributed by atoms with E-state index in [1.165, 1.54) is 0 Å². The monoisotopic (exact) mass is 371 g/mol. The summed E-state index contributed by atoms with van der Waals surface area (Å²) in [5, 5.41) is 20.3. The average molecular weight is 371 g/mol. The van der Waals surface area contributed by atoms with Crippen LogP contribution in [0.5, 0.6) is 17.2 Å². The van der Waals surface area contributed by atoms with Crippen molar-refractivity contribution in [1.82, 2.24) is 20.0 Å². The molecule has 0 aliphatic heterocycles. The van der Waals surface area contributed by atoms with E-state index in [1.807, 2.05) is 37.5 Å². The number of nitrogens with one attached hydrogen (secondary N) is 1. The molecule has 0 spiro atoms. The van der Waals surface area contributed by atoms with Gasteiger partial charge in [0, 0.05) is 24.4 Å². The van der Waals surface area contributed by atoms with Crippen LogP contribution in [0.25, 0.3) is 11.3 Å². The lowest BCUT2D eigenvalue weighted by molar-refractivity contribution is 0.307. The zero-order chi connectivity index (χ0) is 19.3. The van der Waals surface area contributed by atoms with E-state index in [0.717, 1.165) is 11.1 Å². The molecule has 138 valence electrons. The van der Waals surface area contributed by atoms with Crippen molar-refractivity contribution in [3.8, 4) is 34.6 Å². The van der Waals surface area contributed by atoms with Crippen molar-refractivity contribution in [3.63, 3.8) is 0 Å². The highest BCUT2D eigenvalue weighted by Gasteiger charge is 2.15. The molecule has 0 saturated carbocycles. The van der Waals surface area contributed by atoms with Gasteiger partial charge in [-0.2, -0.15) is 15.5 Å². The smallest absolute Gasteiger partial charge is 0.173 e. The molecule has 0 unspecified atom stereocenters. The quantitative estimate of drug-likeness (QED) is 0.552. The third kappa shape index (κ3) is 3.71. The van der Waals surface area contributed by atoms with Crippen LogP contribution in [0.4, 0.5) is 0 Å². The lowest BCUT2D eigenvalue weighted by Gasteiger charge is -2.11. The molecule has 4 rings (SSSR count). The molecule has 0 radical (unpaired) electrons. The number of rotatable bonds is 6. The fourth-order valence-electron chi connectivity index (χ4n) is 2.77. The number of aromatic nitrogens is 4. The largest absolute Gasteiger partial charge is 0.488 e. The molecule has 2 aromatic carbocycles.